The smallest absolute Gasteiger partial charge is 0.407 e. The molecule has 0 saturated heterocycles. The first-order valence-corrected chi connectivity index (χ1v) is 6.28. The Labute approximate surface area is 117 Å². The van der Waals surface area contributed by atoms with E-state index in [-0.39, 0.29) is 18.9 Å². The van der Waals surface area contributed by atoms with Crippen LogP contribution in [-0.2, 0) is 11.3 Å². The van der Waals surface area contributed by atoms with Crippen molar-refractivity contribution in [2.45, 2.75) is 6.61 Å². The van der Waals surface area contributed by atoms with Crippen LogP contribution in [0, 0.1) is 0 Å². The van der Waals surface area contributed by atoms with Crippen LogP contribution in [0.4, 0.5) is 4.79 Å². The molecule has 0 saturated carbocycles. The molecule has 0 aliphatic heterocycles. The third-order valence-corrected chi connectivity index (χ3v) is 2.70. The van der Waals surface area contributed by atoms with Crippen LogP contribution in [0.1, 0.15) is 15.9 Å². The highest BCUT2D eigenvalue weighted by atomic mass is 16.5. The summed E-state index contributed by atoms with van der Waals surface area (Å²) in [6, 6.07) is 18.2. The van der Waals surface area contributed by atoms with Gasteiger partial charge in [0.2, 0.25) is 0 Å². The molecule has 1 amide bonds. The van der Waals surface area contributed by atoms with E-state index in [0.717, 1.165) is 5.56 Å². The van der Waals surface area contributed by atoms with Gasteiger partial charge in [0.15, 0.2) is 5.78 Å². The van der Waals surface area contributed by atoms with Crippen molar-refractivity contribution in [2.75, 3.05) is 6.54 Å². The van der Waals surface area contributed by atoms with Gasteiger partial charge in [-0.15, -0.1) is 0 Å². The van der Waals surface area contributed by atoms with Gasteiger partial charge in [0, 0.05) is 5.56 Å². The summed E-state index contributed by atoms with van der Waals surface area (Å²) in [7, 11) is 0. The molecule has 102 valence electrons. The maximum Gasteiger partial charge on any atom is 0.407 e. The Morgan fingerprint density at radius 1 is 0.900 bits per heavy atom. The minimum atomic E-state index is -0.599. The van der Waals surface area contributed by atoms with Gasteiger partial charge in [-0.25, -0.2) is 4.79 Å². The van der Waals surface area contributed by atoms with Crippen LogP contribution >= 0.6 is 0 Å². The second kappa shape index (κ2) is 7.09. The Balaban J connectivity index is 1.74. The zero-order valence-corrected chi connectivity index (χ0v) is 10.9. The van der Waals surface area contributed by atoms with E-state index in [1.54, 1.807) is 24.3 Å². The zero-order chi connectivity index (χ0) is 14.2. The molecule has 2 aromatic rings. The van der Waals surface area contributed by atoms with Gasteiger partial charge >= 0.3 is 6.09 Å². The number of nitrogens with one attached hydrogen (secondary N) is 1. The molecule has 2 rings (SSSR count). The standard InChI is InChI=1S/C16H15NO3/c18-15(14-9-5-2-6-10-14)11-17-16(19)20-12-13-7-3-1-4-8-13/h1-10H,11-12H2,(H,17,19). The lowest BCUT2D eigenvalue weighted by Gasteiger charge is -2.06. The van der Waals surface area contributed by atoms with E-state index in [4.69, 9.17) is 4.74 Å². The number of rotatable bonds is 5. The Hall–Kier alpha value is -2.62. The fourth-order valence-electron chi connectivity index (χ4n) is 1.65. The van der Waals surface area contributed by atoms with Crippen molar-refractivity contribution in [3.8, 4) is 0 Å². The lowest BCUT2D eigenvalue weighted by Crippen LogP contribution is -2.30. The Kier molecular flexibility index (Phi) is 4.89. The maximum absolute atomic E-state index is 11.8. The van der Waals surface area contributed by atoms with Gasteiger partial charge in [0.25, 0.3) is 0 Å². The fraction of sp³-hybridized carbons (Fsp3) is 0.125. The quantitative estimate of drug-likeness (QED) is 0.849. The van der Waals surface area contributed by atoms with Crippen molar-refractivity contribution >= 4 is 11.9 Å². The van der Waals surface area contributed by atoms with Gasteiger partial charge < -0.3 is 10.1 Å². The molecule has 0 atom stereocenters. The van der Waals surface area contributed by atoms with Gasteiger partial charge in [0.05, 0.1) is 6.54 Å². The molecule has 4 nitrogen and oxygen atoms in total. The van der Waals surface area contributed by atoms with Crippen LogP contribution in [-0.4, -0.2) is 18.4 Å². The molecule has 0 fully saturated rings. The molecule has 2 aromatic carbocycles. The summed E-state index contributed by atoms with van der Waals surface area (Å²) < 4.78 is 5.01. The largest absolute Gasteiger partial charge is 0.445 e. The fourth-order valence-corrected chi connectivity index (χ4v) is 1.65. The number of benzene rings is 2. The van der Waals surface area contributed by atoms with Crippen molar-refractivity contribution < 1.29 is 14.3 Å². The van der Waals surface area contributed by atoms with Crippen molar-refractivity contribution in [3.05, 3.63) is 71.8 Å². The van der Waals surface area contributed by atoms with E-state index in [1.807, 2.05) is 36.4 Å². The molecule has 0 spiro atoms. The van der Waals surface area contributed by atoms with Gasteiger partial charge in [-0.2, -0.15) is 0 Å². The first-order valence-electron chi connectivity index (χ1n) is 6.28. The molecular weight excluding hydrogens is 254 g/mol. The molecule has 0 aliphatic rings. The molecule has 0 unspecified atom stereocenters. The van der Waals surface area contributed by atoms with E-state index in [9.17, 15) is 9.59 Å². The summed E-state index contributed by atoms with van der Waals surface area (Å²) in [6.07, 6.45) is -0.599. The molecular formula is C16H15NO3. The molecule has 4 heteroatoms. The minimum Gasteiger partial charge on any atom is -0.445 e. The number of alkyl carbamates (subject to hydrolysis) is 1. The monoisotopic (exact) mass is 269 g/mol. The van der Waals surface area contributed by atoms with E-state index in [2.05, 4.69) is 5.32 Å². The maximum atomic E-state index is 11.8. The zero-order valence-electron chi connectivity index (χ0n) is 10.9. The van der Waals surface area contributed by atoms with Crippen molar-refractivity contribution in [1.29, 1.82) is 0 Å². The van der Waals surface area contributed by atoms with E-state index >= 15 is 0 Å². The van der Waals surface area contributed by atoms with Crippen molar-refractivity contribution in [2.24, 2.45) is 0 Å². The SMILES string of the molecule is O=C(NCC(=O)c1ccccc1)OCc1ccccc1. The summed E-state index contributed by atoms with van der Waals surface area (Å²) in [6.45, 7) is 0.115. The highest BCUT2D eigenvalue weighted by molar-refractivity contribution is 5.98. The van der Waals surface area contributed by atoms with Crippen LogP contribution in [0.3, 0.4) is 0 Å². The first kappa shape index (κ1) is 13.8. The first-order chi connectivity index (χ1) is 9.75. The molecule has 1 N–H and O–H groups in total. The summed E-state index contributed by atoms with van der Waals surface area (Å²) in [5.74, 6) is -0.151. The number of carbonyl (C=O) groups excluding carboxylic acids is 2. The number of ketones is 1. The van der Waals surface area contributed by atoms with Crippen LogP contribution in [0.25, 0.3) is 0 Å². The minimum absolute atomic E-state index is 0.0718. The Morgan fingerprint density at radius 3 is 2.15 bits per heavy atom. The number of hydrogen-bond acceptors (Lipinski definition) is 3. The van der Waals surface area contributed by atoms with Crippen LogP contribution in [0.15, 0.2) is 60.7 Å². The van der Waals surface area contributed by atoms with Gasteiger partial charge in [-0.1, -0.05) is 60.7 Å². The van der Waals surface area contributed by atoms with Gasteiger partial charge in [-0.05, 0) is 5.56 Å². The van der Waals surface area contributed by atoms with Gasteiger partial charge in [0.1, 0.15) is 6.61 Å². The number of hydrogen-bond donors (Lipinski definition) is 1. The Morgan fingerprint density at radius 2 is 1.50 bits per heavy atom. The second-order valence-corrected chi connectivity index (χ2v) is 4.20. The highest BCUT2D eigenvalue weighted by Gasteiger charge is 2.08. The van der Waals surface area contributed by atoms with Crippen LogP contribution in [0.5, 0.6) is 0 Å². The second-order valence-electron chi connectivity index (χ2n) is 4.20. The molecule has 0 radical (unpaired) electrons. The normalized spacial score (nSPS) is 9.80. The topological polar surface area (TPSA) is 55.4 Å². The van der Waals surface area contributed by atoms with Crippen LogP contribution in [0.2, 0.25) is 0 Å². The number of Topliss-reactive ketones (excluding diaryl/α,β-unsaturated/α-hetero) is 1. The van der Waals surface area contributed by atoms with E-state index in [1.165, 1.54) is 0 Å². The predicted octanol–water partition coefficient (Wildman–Crippen LogP) is 2.80. The Bertz CT molecular complexity index is 567. The van der Waals surface area contributed by atoms with Crippen molar-refractivity contribution in [1.82, 2.24) is 5.32 Å². The van der Waals surface area contributed by atoms with Gasteiger partial charge in [-0.3, -0.25) is 4.79 Å². The summed E-state index contributed by atoms with van der Waals surface area (Å²) in [5.41, 5.74) is 1.47. The molecule has 0 aromatic heterocycles. The summed E-state index contributed by atoms with van der Waals surface area (Å²) >= 11 is 0. The third kappa shape index (κ3) is 4.24. The average molecular weight is 269 g/mol. The number of carbonyl (C=O) groups is 2. The molecule has 0 heterocycles. The molecule has 20 heavy (non-hydrogen) atoms. The lowest BCUT2D eigenvalue weighted by molar-refractivity contribution is 0.0974. The van der Waals surface area contributed by atoms with Crippen molar-refractivity contribution in [3.63, 3.8) is 0 Å². The highest BCUT2D eigenvalue weighted by Crippen LogP contribution is 2.01. The lowest BCUT2D eigenvalue weighted by atomic mass is 10.1. The number of amides is 1. The summed E-state index contributed by atoms with van der Waals surface area (Å²) in [4.78, 5) is 23.2. The predicted molar refractivity (Wildman–Crippen MR) is 75.4 cm³/mol. The number of ether oxygens (including phenoxy) is 1. The third-order valence-electron chi connectivity index (χ3n) is 2.70. The molecule has 0 bridgehead atoms. The molecule has 0 aliphatic carbocycles. The van der Waals surface area contributed by atoms with E-state index < -0.39 is 6.09 Å². The summed E-state index contributed by atoms with van der Waals surface area (Å²) in [5, 5.41) is 2.44. The average Bonchev–Trinajstić information content (AvgIpc) is 2.52. The van der Waals surface area contributed by atoms with E-state index in [0.29, 0.717) is 5.56 Å². The van der Waals surface area contributed by atoms with Crippen LogP contribution < -0.4 is 5.32 Å².